The predicted molar refractivity (Wildman–Crippen MR) is 168 cm³/mol. The Labute approximate surface area is 247 Å². The van der Waals surface area contributed by atoms with Crippen molar-refractivity contribution in [3.8, 4) is 11.1 Å². The molecule has 4 aromatic carbocycles. The molecule has 0 unspecified atom stereocenters. The molecule has 0 aliphatic carbocycles. The zero-order valence-corrected chi connectivity index (χ0v) is 23.6. The Hall–Kier alpha value is -4.72. The number of benzene rings is 4. The SMILES string of the molecule is O=C(Nc1cccc(SCC(=O)c2ccc(-c3ccccc3)cc2)c1)/C(=C/c1cccs1)NC(=O)c1ccccc1. The quantitative estimate of drug-likeness (QED) is 0.101. The molecule has 0 bridgehead atoms. The Balaban J connectivity index is 1.23. The number of carbonyl (C=O) groups excluding carboxylic acids is 3. The molecule has 0 fully saturated rings. The maximum Gasteiger partial charge on any atom is 0.272 e. The Morgan fingerprint density at radius 2 is 1.41 bits per heavy atom. The molecule has 1 heterocycles. The van der Waals surface area contributed by atoms with Crippen molar-refractivity contribution in [2.75, 3.05) is 11.1 Å². The molecule has 0 saturated carbocycles. The van der Waals surface area contributed by atoms with Crippen LogP contribution < -0.4 is 10.6 Å². The molecule has 0 aliphatic rings. The Bertz CT molecular complexity index is 1660. The summed E-state index contributed by atoms with van der Waals surface area (Å²) in [5.74, 6) is -0.532. The second-order valence-corrected chi connectivity index (χ2v) is 11.1. The van der Waals surface area contributed by atoms with Crippen LogP contribution in [0.5, 0.6) is 0 Å². The van der Waals surface area contributed by atoms with Crippen molar-refractivity contribution in [1.29, 1.82) is 0 Å². The third-order valence-electron chi connectivity index (χ3n) is 6.13. The number of anilines is 1. The average molecular weight is 575 g/mol. The van der Waals surface area contributed by atoms with Gasteiger partial charge in [-0.15, -0.1) is 23.1 Å². The average Bonchev–Trinajstić information content (AvgIpc) is 3.54. The topological polar surface area (TPSA) is 75.3 Å². The summed E-state index contributed by atoms with van der Waals surface area (Å²) < 4.78 is 0. The number of nitrogens with one attached hydrogen (secondary N) is 2. The Kier molecular flexibility index (Phi) is 9.21. The van der Waals surface area contributed by atoms with Gasteiger partial charge in [-0.3, -0.25) is 14.4 Å². The van der Waals surface area contributed by atoms with Crippen molar-refractivity contribution in [3.63, 3.8) is 0 Å². The molecule has 2 N–H and O–H groups in total. The Morgan fingerprint density at radius 1 is 0.707 bits per heavy atom. The first-order valence-electron chi connectivity index (χ1n) is 12.9. The van der Waals surface area contributed by atoms with E-state index in [1.807, 2.05) is 96.4 Å². The summed E-state index contributed by atoms with van der Waals surface area (Å²) in [5.41, 5.74) is 3.96. The molecule has 0 saturated heterocycles. The van der Waals surface area contributed by atoms with Crippen LogP contribution in [0.4, 0.5) is 5.69 Å². The van der Waals surface area contributed by atoms with E-state index >= 15 is 0 Å². The maximum atomic E-state index is 13.2. The lowest BCUT2D eigenvalue weighted by molar-refractivity contribution is -0.113. The van der Waals surface area contributed by atoms with Gasteiger partial charge in [0.1, 0.15) is 5.70 Å². The van der Waals surface area contributed by atoms with E-state index in [1.54, 1.807) is 36.4 Å². The molecule has 0 aliphatic heterocycles. The van der Waals surface area contributed by atoms with E-state index < -0.39 is 5.91 Å². The van der Waals surface area contributed by atoms with Crippen molar-refractivity contribution in [2.45, 2.75) is 4.90 Å². The van der Waals surface area contributed by atoms with Crippen LogP contribution in [0.1, 0.15) is 25.6 Å². The first kappa shape index (κ1) is 27.8. The minimum absolute atomic E-state index is 0.0221. The number of amides is 2. The molecular weight excluding hydrogens is 549 g/mol. The van der Waals surface area contributed by atoms with E-state index in [9.17, 15) is 14.4 Å². The fourth-order valence-corrected chi connectivity index (χ4v) is 5.54. The van der Waals surface area contributed by atoms with Crippen LogP contribution in [0.25, 0.3) is 17.2 Å². The van der Waals surface area contributed by atoms with Crippen LogP contribution in [0.2, 0.25) is 0 Å². The van der Waals surface area contributed by atoms with E-state index in [0.29, 0.717) is 16.8 Å². The smallest absolute Gasteiger partial charge is 0.272 e. The highest BCUT2D eigenvalue weighted by Crippen LogP contribution is 2.25. The predicted octanol–water partition coefficient (Wildman–Crippen LogP) is 7.80. The van der Waals surface area contributed by atoms with Gasteiger partial charge >= 0.3 is 0 Å². The van der Waals surface area contributed by atoms with Crippen LogP contribution in [-0.4, -0.2) is 23.4 Å². The molecular formula is C34H26N2O3S2. The van der Waals surface area contributed by atoms with E-state index in [4.69, 9.17) is 0 Å². The van der Waals surface area contributed by atoms with Crippen LogP contribution in [-0.2, 0) is 4.79 Å². The normalized spacial score (nSPS) is 11.1. The third-order valence-corrected chi connectivity index (χ3v) is 7.95. The first-order valence-corrected chi connectivity index (χ1v) is 14.8. The van der Waals surface area contributed by atoms with Crippen molar-refractivity contribution >= 4 is 52.5 Å². The van der Waals surface area contributed by atoms with E-state index in [2.05, 4.69) is 10.6 Å². The number of thioether (sulfide) groups is 1. The minimum Gasteiger partial charge on any atom is -0.321 e. The van der Waals surface area contributed by atoms with Crippen LogP contribution >= 0.6 is 23.1 Å². The zero-order valence-electron chi connectivity index (χ0n) is 22.0. The molecule has 0 radical (unpaired) electrons. The summed E-state index contributed by atoms with van der Waals surface area (Å²) in [4.78, 5) is 40.6. The van der Waals surface area contributed by atoms with Crippen LogP contribution in [0.3, 0.4) is 0 Å². The summed E-state index contributed by atoms with van der Waals surface area (Å²) in [7, 11) is 0. The second-order valence-electron chi connectivity index (χ2n) is 9.03. The zero-order chi connectivity index (χ0) is 28.4. The molecule has 0 spiro atoms. The van der Waals surface area contributed by atoms with Crippen molar-refractivity contribution < 1.29 is 14.4 Å². The van der Waals surface area contributed by atoms with Gasteiger partial charge in [0.15, 0.2) is 5.78 Å². The molecule has 7 heteroatoms. The highest BCUT2D eigenvalue weighted by atomic mass is 32.2. The van der Waals surface area contributed by atoms with Crippen molar-refractivity contribution in [2.24, 2.45) is 0 Å². The highest BCUT2D eigenvalue weighted by Gasteiger charge is 2.16. The van der Waals surface area contributed by atoms with Gasteiger partial charge in [-0.1, -0.05) is 84.9 Å². The van der Waals surface area contributed by atoms with Gasteiger partial charge in [0.2, 0.25) is 0 Å². The van der Waals surface area contributed by atoms with Gasteiger partial charge in [-0.25, -0.2) is 0 Å². The largest absolute Gasteiger partial charge is 0.321 e. The van der Waals surface area contributed by atoms with Gasteiger partial charge in [0.25, 0.3) is 11.8 Å². The van der Waals surface area contributed by atoms with E-state index in [-0.39, 0.29) is 23.1 Å². The minimum atomic E-state index is -0.445. The lowest BCUT2D eigenvalue weighted by atomic mass is 10.0. The number of Topliss-reactive ketones (excluding diaryl/α,β-unsaturated/α-hetero) is 1. The van der Waals surface area contributed by atoms with Gasteiger partial charge in [-0.2, -0.15) is 0 Å². The molecule has 0 atom stereocenters. The van der Waals surface area contributed by atoms with Crippen LogP contribution in [0, 0.1) is 0 Å². The van der Waals surface area contributed by atoms with E-state index in [1.165, 1.54) is 23.1 Å². The standard InChI is InChI=1S/C34H26N2O3S2/c37-32(26-18-16-25(17-19-26)24-9-3-1-4-10-24)23-41-29-14-7-13-28(21-29)35-34(39)31(22-30-15-8-20-40-30)36-33(38)27-11-5-2-6-12-27/h1-22H,23H2,(H,35,39)(H,36,38)/b31-22-. The fourth-order valence-electron chi connectivity index (χ4n) is 4.03. The maximum absolute atomic E-state index is 13.2. The number of hydrogen-bond acceptors (Lipinski definition) is 5. The fraction of sp³-hybridized carbons (Fsp3) is 0.0294. The molecule has 1 aromatic heterocycles. The number of hydrogen-bond donors (Lipinski definition) is 2. The molecule has 5 rings (SSSR count). The number of ketones is 1. The lowest BCUT2D eigenvalue weighted by Gasteiger charge is -2.12. The monoisotopic (exact) mass is 574 g/mol. The molecule has 5 nitrogen and oxygen atoms in total. The third kappa shape index (κ3) is 7.69. The van der Waals surface area contributed by atoms with Gasteiger partial charge in [0, 0.05) is 26.6 Å². The number of thiophene rings is 1. The molecule has 2 amide bonds. The molecule has 41 heavy (non-hydrogen) atoms. The van der Waals surface area contributed by atoms with Gasteiger partial charge in [-0.05, 0) is 59.0 Å². The summed E-state index contributed by atoms with van der Waals surface area (Å²) in [5, 5.41) is 7.53. The van der Waals surface area contributed by atoms with Gasteiger partial charge in [0.05, 0.1) is 5.75 Å². The Morgan fingerprint density at radius 3 is 2.12 bits per heavy atom. The van der Waals surface area contributed by atoms with Gasteiger partial charge < -0.3 is 10.6 Å². The van der Waals surface area contributed by atoms with Crippen molar-refractivity contribution in [1.82, 2.24) is 5.32 Å². The lowest BCUT2D eigenvalue weighted by Crippen LogP contribution is -2.30. The summed E-state index contributed by atoms with van der Waals surface area (Å²) >= 11 is 2.87. The van der Waals surface area contributed by atoms with Crippen LogP contribution in [0.15, 0.2) is 137 Å². The molecule has 5 aromatic rings. The van der Waals surface area contributed by atoms with Crippen molar-refractivity contribution in [3.05, 3.63) is 148 Å². The summed E-state index contributed by atoms with van der Waals surface area (Å²) in [6.45, 7) is 0. The number of rotatable bonds is 10. The number of carbonyl (C=O) groups is 3. The highest BCUT2D eigenvalue weighted by molar-refractivity contribution is 8.00. The van der Waals surface area contributed by atoms with E-state index in [0.717, 1.165) is 20.9 Å². The first-order chi connectivity index (χ1) is 20.0. The second kappa shape index (κ2) is 13.6. The summed E-state index contributed by atoms with van der Waals surface area (Å²) in [6.07, 6.45) is 1.65. The summed E-state index contributed by atoms with van der Waals surface area (Å²) in [6, 6.07) is 37.5. The molecule has 202 valence electrons.